The van der Waals surface area contributed by atoms with Crippen LogP contribution < -0.4 is 5.32 Å². The van der Waals surface area contributed by atoms with Crippen molar-refractivity contribution in [3.05, 3.63) is 0 Å². The first-order valence-electron chi connectivity index (χ1n) is 7.35. The van der Waals surface area contributed by atoms with Crippen molar-refractivity contribution in [1.29, 1.82) is 0 Å². The van der Waals surface area contributed by atoms with Crippen LogP contribution in [0, 0.1) is 5.41 Å². The van der Waals surface area contributed by atoms with Gasteiger partial charge >= 0.3 is 0 Å². The van der Waals surface area contributed by atoms with E-state index in [-0.39, 0.29) is 11.0 Å². The molecule has 1 N–H and O–H groups in total. The van der Waals surface area contributed by atoms with E-state index in [9.17, 15) is 0 Å². The first-order valence-corrected chi connectivity index (χ1v) is 7.35. The molecule has 18 heavy (non-hydrogen) atoms. The summed E-state index contributed by atoms with van der Waals surface area (Å²) >= 11 is 0. The van der Waals surface area contributed by atoms with Gasteiger partial charge in [0.1, 0.15) is 0 Å². The number of hydrogen-bond acceptors (Lipinski definition) is 3. The number of nitrogens with zero attached hydrogens (tertiary/aromatic N) is 1. The lowest BCUT2D eigenvalue weighted by Gasteiger charge is -2.60. The summed E-state index contributed by atoms with van der Waals surface area (Å²) in [6, 6.07) is 1.36. The number of hydrogen-bond donors (Lipinski definition) is 1. The second-order valence-electron chi connectivity index (χ2n) is 7.30. The molecule has 1 aliphatic heterocycles. The van der Waals surface area contributed by atoms with Gasteiger partial charge in [-0.05, 0) is 26.7 Å². The third-order valence-corrected chi connectivity index (χ3v) is 5.15. The van der Waals surface area contributed by atoms with E-state index in [2.05, 4.69) is 44.8 Å². The summed E-state index contributed by atoms with van der Waals surface area (Å²) in [6.07, 6.45) is 2.85. The van der Waals surface area contributed by atoms with Crippen LogP contribution in [0.15, 0.2) is 0 Å². The zero-order chi connectivity index (χ0) is 13.6. The SMILES string of the molecule is CCC1CNC(C)(C)CN1C1CC(OC)C1(C)C. The summed E-state index contributed by atoms with van der Waals surface area (Å²) < 4.78 is 5.60. The Balaban J connectivity index is 2.10. The monoisotopic (exact) mass is 254 g/mol. The van der Waals surface area contributed by atoms with E-state index in [1.165, 1.54) is 12.8 Å². The lowest BCUT2D eigenvalue weighted by atomic mass is 9.63. The van der Waals surface area contributed by atoms with E-state index >= 15 is 0 Å². The van der Waals surface area contributed by atoms with Crippen molar-refractivity contribution in [2.24, 2.45) is 5.41 Å². The van der Waals surface area contributed by atoms with Gasteiger partial charge in [-0.25, -0.2) is 0 Å². The van der Waals surface area contributed by atoms with Crippen molar-refractivity contribution < 1.29 is 4.74 Å². The zero-order valence-corrected chi connectivity index (χ0v) is 12.9. The third kappa shape index (κ3) is 2.33. The van der Waals surface area contributed by atoms with E-state index < -0.39 is 0 Å². The maximum absolute atomic E-state index is 5.60. The molecule has 0 aromatic carbocycles. The third-order valence-electron chi connectivity index (χ3n) is 5.15. The molecule has 0 radical (unpaired) electrons. The molecule has 0 aromatic heterocycles. The van der Waals surface area contributed by atoms with Crippen LogP contribution in [-0.4, -0.2) is 48.8 Å². The Bertz CT molecular complexity index is 301. The van der Waals surface area contributed by atoms with Crippen molar-refractivity contribution in [3.8, 4) is 0 Å². The van der Waals surface area contributed by atoms with Crippen molar-refractivity contribution >= 4 is 0 Å². The van der Waals surface area contributed by atoms with Crippen LogP contribution in [0.3, 0.4) is 0 Å². The smallest absolute Gasteiger partial charge is 0.0652 e. The molecule has 1 saturated heterocycles. The second kappa shape index (κ2) is 4.77. The lowest BCUT2D eigenvalue weighted by molar-refractivity contribution is -0.156. The zero-order valence-electron chi connectivity index (χ0n) is 12.9. The van der Waals surface area contributed by atoms with Crippen molar-refractivity contribution in [3.63, 3.8) is 0 Å². The first kappa shape index (κ1) is 14.3. The molecule has 2 rings (SSSR count). The normalized spacial score (nSPS) is 39.3. The fraction of sp³-hybridized carbons (Fsp3) is 1.00. The molecule has 1 saturated carbocycles. The molecule has 3 unspecified atom stereocenters. The van der Waals surface area contributed by atoms with Crippen LogP contribution in [0.1, 0.15) is 47.5 Å². The lowest BCUT2D eigenvalue weighted by Crippen LogP contribution is -2.71. The van der Waals surface area contributed by atoms with Gasteiger partial charge in [-0.1, -0.05) is 20.8 Å². The number of ether oxygens (including phenoxy) is 1. The van der Waals surface area contributed by atoms with Gasteiger partial charge in [0.25, 0.3) is 0 Å². The highest BCUT2D eigenvalue weighted by Crippen LogP contribution is 2.47. The average Bonchev–Trinajstić information content (AvgIpc) is 2.27. The number of methoxy groups -OCH3 is 1. The molecular weight excluding hydrogens is 224 g/mol. The molecule has 0 aromatic rings. The molecule has 2 aliphatic rings. The van der Waals surface area contributed by atoms with Gasteiger partial charge < -0.3 is 10.1 Å². The highest BCUT2D eigenvalue weighted by atomic mass is 16.5. The van der Waals surface area contributed by atoms with E-state index in [4.69, 9.17) is 4.74 Å². The molecule has 0 spiro atoms. The Hall–Kier alpha value is -0.120. The highest BCUT2D eigenvalue weighted by molar-refractivity contribution is 5.07. The number of rotatable bonds is 3. The van der Waals surface area contributed by atoms with E-state index in [0.717, 1.165) is 13.1 Å². The van der Waals surface area contributed by atoms with E-state index in [1.54, 1.807) is 0 Å². The summed E-state index contributed by atoms with van der Waals surface area (Å²) in [5, 5.41) is 3.67. The predicted octanol–water partition coefficient (Wildman–Crippen LogP) is 2.26. The molecular formula is C15H30N2O. The minimum Gasteiger partial charge on any atom is -0.381 e. The van der Waals surface area contributed by atoms with E-state index in [0.29, 0.717) is 18.2 Å². The number of piperazine rings is 1. The van der Waals surface area contributed by atoms with Crippen LogP contribution in [0.5, 0.6) is 0 Å². The predicted molar refractivity (Wildman–Crippen MR) is 75.8 cm³/mol. The van der Waals surface area contributed by atoms with Gasteiger partial charge in [-0.2, -0.15) is 0 Å². The fourth-order valence-electron chi connectivity index (χ4n) is 3.72. The maximum atomic E-state index is 5.60. The Morgan fingerprint density at radius 2 is 1.94 bits per heavy atom. The van der Waals surface area contributed by atoms with Gasteiger partial charge in [-0.15, -0.1) is 0 Å². The second-order valence-corrected chi connectivity index (χ2v) is 7.30. The fourth-order valence-corrected chi connectivity index (χ4v) is 3.72. The van der Waals surface area contributed by atoms with Gasteiger partial charge in [0, 0.05) is 43.2 Å². The summed E-state index contributed by atoms with van der Waals surface area (Å²) in [5.41, 5.74) is 0.523. The Labute approximate surface area is 112 Å². The van der Waals surface area contributed by atoms with Crippen LogP contribution in [0.4, 0.5) is 0 Å². The Kier molecular flexibility index (Phi) is 3.79. The quantitative estimate of drug-likeness (QED) is 0.836. The number of nitrogens with one attached hydrogen (secondary N) is 1. The molecule has 106 valence electrons. The first-order chi connectivity index (χ1) is 8.31. The van der Waals surface area contributed by atoms with Crippen LogP contribution in [0.2, 0.25) is 0 Å². The van der Waals surface area contributed by atoms with Crippen LogP contribution in [-0.2, 0) is 4.74 Å². The molecule has 1 aliphatic carbocycles. The molecule has 3 atom stereocenters. The molecule has 1 heterocycles. The van der Waals surface area contributed by atoms with Crippen LogP contribution >= 0.6 is 0 Å². The molecule has 3 heteroatoms. The summed E-state index contributed by atoms with van der Waals surface area (Å²) in [6.45, 7) is 13.9. The van der Waals surface area contributed by atoms with Gasteiger partial charge in [0.15, 0.2) is 0 Å². The van der Waals surface area contributed by atoms with Crippen molar-refractivity contribution in [2.45, 2.75) is 71.2 Å². The molecule has 0 amide bonds. The van der Waals surface area contributed by atoms with Gasteiger partial charge in [0.05, 0.1) is 6.10 Å². The Morgan fingerprint density at radius 3 is 2.44 bits per heavy atom. The molecule has 2 fully saturated rings. The highest BCUT2D eigenvalue weighted by Gasteiger charge is 2.53. The van der Waals surface area contributed by atoms with Crippen LogP contribution in [0.25, 0.3) is 0 Å². The average molecular weight is 254 g/mol. The van der Waals surface area contributed by atoms with Gasteiger partial charge in [-0.3, -0.25) is 4.90 Å². The van der Waals surface area contributed by atoms with Crippen molar-refractivity contribution in [2.75, 3.05) is 20.2 Å². The standard InChI is InChI=1S/C15H30N2O/c1-7-11-9-16-14(2,3)10-17(11)12-8-13(18-6)15(12,4)5/h11-13,16H,7-10H2,1-6H3. The van der Waals surface area contributed by atoms with E-state index in [1.807, 2.05) is 7.11 Å². The van der Waals surface area contributed by atoms with Gasteiger partial charge in [0.2, 0.25) is 0 Å². The maximum Gasteiger partial charge on any atom is 0.0652 e. The summed E-state index contributed by atoms with van der Waals surface area (Å²) in [5.74, 6) is 0. The minimum atomic E-state index is 0.236. The van der Waals surface area contributed by atoms with Crippen molar-refractivity contribution in [1.82, 2.24) is 10.2 Å². The largest absolute Gasteiger partial charge is 0.381 e. The summed E-state index contributed by atoms with van der Waals surface area (Å²) in [7, 11) is 1.85. The molecule has 0 bridgehead atoms. The summed E-state index contributed by atoms with van der Waals surface area (Å²) in [4.78, 5) is 2.74. The minimum absolute atomic E-state index is 0.236. The Morgan fingerprint density at radius 1 is 1.28 bits per heavy atom. The topological polar surface area (TPSA) is 24.5 Å². The molecule has 3 nitrogen and oxygen atoms in total.